The average Bonchev–Trinajstić information content (AvgIpc) is 2.70. The van der Waals surface area contributed by atoms with Gasteiger partial charge in [-0.3, -0.25) is 9.59 Å². The van der Waals surface area contributed by atoms with Gasteiger partial charge in [-0.2, -0.15) is 4.98 Å². The summed E-state index contributed by atoms with van der Waals surface area (Å²) in [6.07, 6.45) is 7.34. The van der Waals surface area contributed by atoms with Gasteiger partial charge >= 0.3 is 0 Å². The fraction of sp³-hybridized carbons (Fsp3) is 0.700. The van der Waals surface area contributed by atoms with Gasteiger partial charge in [0.2, 0.25) is 11.9 Å². The molecule has 160 valence electrons. The van der Waals surface area contributed by atoms with E-state index in [0.29, 0.717) is 23.2 Å². The van der Waals surface area contributed by atoms with Crippen molar-refractivity contribution in [2.24, 2.45) is 11.7 Å². The number of amides is 2. The molecular weight excluding hydrogens is 372 g/mol. The van der Waals surface area contributed by atoms with E-state index in [4.69, 9.17) is 10.5 Å². The predicted octanol–water partition coefficient (Wildman–Crippen LogP) is 1.62. The maximum atomic E-state index is 11.8. The molecule has 1 saturated carbocycles. The van der Waals surface area contributed by atoms with Crippen molar-refractivity contribution in [1.29, 1.82) is 0 Å². The number of ether oxygens (including phenoxy) is 1. The van der Waals surface area contributed by atoms with Crippen LogP contribution in [0.2, 0.25) is 0 Å². The largest absolute Gasteiger partial charge is 0.384 e. The third kappa shape index (κ3) is 5.79. The van der Waals surface area contributed by atoms with Crippen molar-refractivity contribution in [1.82, 2.24) is 14.9 Å². The molecule has 0 radical (unpaired) electrons. The van der Waals surface area contributed by atoms with Crippen LogP contribution in [0.4, 0.5) is 11.8 Å². The quantitative estimate of drug-likeness (QED) is 0.631. The van der Waals surface area contributed by atoms with E-state index in [0.717, 1.165) is 58.2 Å². The van der Waals surface area contributed by atoms with Gasteiger partial charge < -0.3 is 26.0 Å². The molecule has 29 heavy (non-hydrogen) atoms. The molecule has 1 aromatic heterocycles. The Morgan fingerprint density at radius 3 is 2.38 bits per heavy atom. The summed E-state index contributed by atoms with van der Waals surface area (Å²) in [6, 6.07) is 0.449. The predicted molar refractivity (Wildman–Crippen MR) is 111 cm³/mol. The molecule has 0 atom stereocenters. The summed E-state index contributed by atoms with van der Waals surface area (Å²) in [7, 11) is 1.74. The van der Waals surface area contributed by atoms with Crippen molar-refractivity contribution in [2.45, 2.75) is 57.5 Å². The second kappa shape index (κ2) is 9.87. The Balaban J connectivity index is 1.62. The number of nitrogens with zero attached hydrogens (tertiary/aromatic N) is 3. The van der Waals surface area contributed by atoms with Crippen LogP contribution in [0.1, 0.15) is 55.8 Å². The summed E-state index contributed by atoms with van der Waals surface area (Å²) in [5.41, 5.74) is 5.83. The molecule has 0 unspecified atom stereocenters. The first-order valence-corrected chi connectivity index (χ1v) is 10.4. The van der Waals surface area contributed by atoms with Crippen molar-refractivity contribution in [3.8, 4) is 0 Å². The zero-order valence-corrected chi connectivity index (χ0v) is 17.3. The lowest BCUT2D eigenvalue weighted by Crippen LogP contribution is -2.41. The summed E-state index contributed by atoms with van der Waals surface area (Å²) in [5, 5.41) is 6.75. The van der Waals surface area contributed by atoms with E-state index in [1.807, 2.05) is 4.90 Å². The van der Waals surface area contributed by atoms with Gasteiger partial charge in [-0.25, -0.2) is 4.98 Å². The Morgan fingerprint density at radius 1 is 1.14 bits per heavy atom. The van der Waals surface area contributed by atoms with Crippen LogP contribution in [-0.2, 0) is 9.53 Å². The van der Waals surface area contributed by atoms with E-state index < -0.39 is 5.91 Å². The number of rotatable bonds is 7. The smallest absolute Gasteiger partial charge is 0.254 e. The Kier molecular flexibility index (Phi) is 7.24. The summed E-state index contributed by atoms with van der Waals surface area (Å²) in [6.45, 7) is 3.84. The molecule has 3 rings (SSSR count). The molecule has 1 saturated heterocycles. The molecule has 2 amide bonds. The molecule has 9 nitrogen and oxygen atoms in total. The van der Waals surface area contributed by atoms with Gasteiger partial charge in [0.15, 0.2) is 0 Å². The maximum absolute atomic E-state index is 11.8. The third-order valence-corrected chi connectivity index (χ3v) is 5.92. The highest BCUT2D eigenvalue weighted by Gasteiger charge is 2.24. The first kappa shape index (κ1) is 21.3. The molecular formula is C20H32N6O3. The van der Waals surface area contributed by atoms with Crippen molar-refractivity contribution < 1.29 is 14.3 Å². The van der Waals surface area contributed by atoms with Crippen LogP contribution in [0.5, 0.6) is 0 Å². The summed E-state index contributed by atoms with van der Waals surface area (Å²) < 4.78 is 5.26. The summed E-state index contributed by atoms with van der Waals surface area (Å²) in [4.78, 5) is 34.0. The van der Waals surface area contributed by atoms with Crippen LogP contribution in [0.25, 0.3) is 0 Å². The molecule has 0 bridgehead atoms. The zero-order valence-electron chi connectivity index (χ0n) is 17.3. The fourth-order valence-electron chi connectivity index (χ4n) is 4.17. The van der Waals surface area contributed by atoms with E-state index in [2.05, 4.69) is 20.6 Å². The van der Waals surface area contributed by atoms with E-state index in [1.54, 1.807) is 14.0 Å². The second-order valence-electron chi connectivity index (χ2n) is 8.06. The van der Waals surface area contributed by atoms with Crippen molar-refractivity contribution >= 4 is 23.6 Å². The fourth-order valence-corrected chi connectivity index (χ4v) is 4.17. The molecule has 1 aliphatic carbocycles. The lowest BCUT2D eigenvalue weighted by Gasteiger charge is -2.32. The van der Waals surface area contributed by atoms with Crippen molar-refractivity contribution in [2.75, 3.05) is 37.4 Å². The minimum atomic E-state index is -0.540. The molecule has 2 fully saturated rings. The third-order valence-electron chi connectivity index (χ3n) is 5.92. The Labute approximate surface area is 171 Å². The average molecular weight is 405 g/mol. The molecule has 2 heterocycles. The maximum Gasteiger partial charge on any atom is 0.254 e. The molecule has 2 aliphatic rings. The summed E-state index contributed by atoms with van der Waals surface area (Å²) >= 11 is 0. The van der Waals surface area contributed by atoms with Gasteiger partial charge in [0.1, 0.15) is 5.82 Å². The number of carbonyl (C=O) groups is 2. The van der Waals surface area contributed by atoms with Crippen LogP contribution >= 0.6 is 0 Å². The monoisotopic (exact) mass is 404 g/mol. The lowest BCUT2D eigenvalue weighted by atomic mass is 9.86. The van der Waals surface area contributed by atoms with Crippen LogP contribution in [0, 0.1) is 5.92 Å². The molecule has 0 spiro atoms. The first-order chi connectivity index (χ1) is 14.0. The van der Waals surface area contributed by atoms with E-state index in [1.165, 1.54) is 6.20 Å². The molecule has 9 heteroatoms. The number of hydrogen-bond donors (Lipinski definition) is 3. The number of primary amides is 1. The van der Waals surface area contributed by atoms with Gasteiger partial charge in [0.25, 0.3) is 5.91 Å². The van der Waals surface area contributed by atoms with Crippen LogP contribution < -0.4 is 16.4 Å². The van der Waals surface area contributed by atoms with Crippen LogP contribution in [-0.4, -0.2) is 65.6 Å². The molecule has 1 aromatic rings. The number of nitrogens with two attached hydrogens (primary N) is 1. The molecule has 4 N–H and O–H groups in total. The minimum Gasteiger partial charge on any atom is -0.384 e. The summed E-state index contributed by atoms with van der Waals surface area (Å²) in [5.74, 6) is 1.13. The van der Waals surface area contributed by atoms with Gasteiger partial charge in [-0.05, 0) is 44.4 Å². The van der Waals surface area contributed by atoms with Crippen molar-refractivity contribution in [3.63, 3.8) is 0 Å². The number of methoxy groups -OCH3 is 1. The number of nitrogens with one attached hydrogen (secondary N) is 2. The zero-order chi connectivity index (χ0) is 20.8. The highest BCUT2D eigenvalue weighted by molar-refractivity contribution is 5.97. The number of anilines is 2. The van der Waals surface area contributed by atoms with Crippen LogP contribution in [0.3, 0.4) is 0 Å². The second-order valence-corrected chi connectivity index (χ2v) is 8.06. The highest BCUT2D eigenvalue weighted by atomic mass is 16.5. The first-order valence-electron chi connectivity index (χ1n) is 10.4. The normalized spacial score (nSPS) is 22.9. The lowest BCUT2D eigenvalue weighted by molar-refractivity contribution is -0.129. The van der Waals surface area contributed by atoms with E-state index >= 15 is 0 Å². The standard InChI is InChI=1S/C20H32N6O3/c1-13(27)26-9-7-16(8-10-26)24-20-22-11-17(18(21)28)19(25-20)23-15-5-3-14(4-6-15)12-29-2/h11,14-16H,3-10,12H2,1-2H3,(H2,21,28)(H2,22,23,24,25)/t14-,15-. The highest BCUT2D eigenvalue weighted by Crippen LogP contribution is 2.27. The Bertz CT molecular complexity index is 712. The van der Waals surface area contributed by atoms with Gasteiger partial charge in [-0.15, -0.1) is 0 Å². The SMILES string of the molecule is COC[C@H]1CC[C@H](Nc2nc(NC3CCN(C(C)=O)CC3)ncc2C(N)=O)CC1. The van der Waals surface area contributed by atoms with Gasteiger partial charge in [0.05, 0.1) is 5.56 Å². The number of hydrogen-bond acceptors (Lipinski definition) is 7. The Hall–Kier alpha value is -2.42. The topological polar surface area (TPSA) is 122 Å². The van der Waals surface area contributed by atoms with E-state index in [9.17, 15) is 9.59 Å². The van der Waals surface area contributed by atoms with Gasteiger partial charge in [-0.1, -0.05) is 0 Å². The number of aromatic nitrogens is 2. The minimum absolute atomic E-state index is 0.109. The van der Waals surface area contributed by atoms with Crippen molar-refractivity contribution in [3.05, 3.63) is 11.8 Å². The molecule has 1 aliphatic heterocycles. The molecule has 0 aromatic carbocycles. The van der Waals surface area contributed by atoms with E-state index in [-0.39, 0.29) is 18.0 Å². The van der Waals surface area contributed by atoms with Crippen LogP contribution in [0.15, 0.2) is 6.20 Å². The number of likely N-dealkylation sites (tertiary alicyclic amines) is 1. The number of carbonyl (C=O) groups excluding carboxylic acids is 2. The Morgan fingerprint density at radius 2 is 1.79 bits per heavy atom. The van der Waals surface area contributed by atoms with Gasteiger partial charge in [0, 0.05) is 52.0 Å². The number of piperidine rings is 1.